The highest BCUT2D eigenvalue weighted by atomic mass is 32.1. The van der Waals surface area contributed by atoms with Crippen molar-refractivity contribution < 1.29 is 36.3 Å². The molecule has 0 aliphatic carbocycles. The molecule has 0 saturated carbocycles. The highest BCUT2D eigenvalue weighted by molar-refractivity contribution is 7.17. The number of thiazole rings is 1. The van der Waals surface area contributed by atoms with E-state index in [0.717, 1.165) is 36.4 Å². The molecule has 2 N–H and O–H groups in total. The van der Waals surface area contributed by atoms with E-state index in [1.807, 2.05) is 6.92 Å². The second-order valence-corrected chi connectivity index (χ2v) is 10.9. The minimum absolute atomic E-state index is 0.0227. The van der Waals surface area contributed by atoms with E-state index in [1.165, 1.54) is 18.7 Å². The molecule has 0 aromatic carbocycles. The zero-order chi connectivity index (χ0) is 29.4. The van der Waals surface area contributed by atoms with Crippen LogP contribution in [0.1, 0.15) is 72.3 Å². The Hall–Kier alpha value is -3.36. The Balaban J connectivity index is 1.70. The van der Waals surface area contributed by atoms with Gasteiger partial charge in [0.2, 0.25) is 5.91 Å². The lowest BCUT2D eigenvalue weighted by atomic mass is 10.1. The van der Waals surface area contributed by atoms with Gasteiger partial charge in [-0.05, 0) is 32.3 Å². The molecule has 218 valence electrons. The van der Waals surface area contributed by atoms with Gasteiger partial charge in [0.05, 0.1) is 10.9 Å². The lowest BCUT2D eigenvalue weighted by Gasteiger charge is -2.38. The standard InChI is InChI=1S/C25H29F5N6O3S/c1-4-17(25(28,29)30)33-18-8-15(21(26)27)16(9-31-18)20-19(24(39)36-7-5-6-12(36)2)34-23(40-20)22(38)32-14-10-35(11-14)13(3)37/h8-9,12,14,17,21H,4-7,10-11H2,1-3H3,(H,31,33)(H,32,38)/t12?,17-/m0/s1. The highest BCUT2D eigenvalue weighted by Gasteiger charge is 2.39. The van der Waals surface area contributed by atoms with Crippen molar-refractivity contribution in [1.29, 1.82) is 0 Å². The molecule has 15 heteroatoms. The van der Waals surface area contributed by atoms with Crippen molar-refractivity contribution in [3.63, 3.8) is 0 Å². The maximum atomic E-state index is 14.2. The van der Waals surface area contributed by atoms with Gasteiger partial charge >= 0.3 is 6.18 Å². The number of carbonyl (C=O) groups excluding carboxylic acids is 3. The van der Waals surface area contributed by atoms with Gasteiger partial charge in [0.15, 0.2) is 5.01 Å². The minimum Gasteiger partial charge on any atom is -0.359 e. The Morgan fingerprint density at radius 3 is 2.48 bits per heavy atom. The van der Waals surface area contributed by atoms with Gasteiger partial charge in [0, 0.05) is 49.9 Å². The fourth-order valence-electron chi connectivity index (χ4n) is 4.70. The summed E-state index contributed by atoms with van der Waals surface area (Å²) in [5, 5.41) is 4.73. The van der Waals surface area contributed by atoms with Crippen molar-refractivity contribution >= 4 is 34.9 Å². The maximum Gasteiger partial charge on any atom is 0.408 e. The lowest BCUT2D eigenvalue weighted by Crippen LogP contribution is -2.60. The zero-order valence-corrected chi connectivity index (χ0v) is 22.8. The predicted molar refractivity (Wildman–Crippen MR) is 137 cm³/mol. The third-order valence-electron chi connectivity index (χ3n) is 7.04. The van der Waals surface area contributed by atoms with Crippen molar-refractivity contribution in [2.24, 2.45) is 0 Å². The zero-order valence-electron chi connectivity index (χ0n) is 22.0. The van der Waals surface area contributed by atoms with Crippen LogP contribution >= 0.6 is 11.3 Å². The average Bonchev–Trinajstić information content (AvgIpc) is 3.49. The largest absolute Gasteiger partial charge is 0.408 e. The summed E-state index contributed by atoms with van der Waals surface area (Å²) < 4.78 is 68.2. The number of halogens is 5. The summed E-state index contributed by atoms with van der Waals surface area (Å²) in [7, 11) is 0. The Morgan fingerprint density at radius 2 is 1.93 bits per heavy atom. The van der Waals surface area contributed by atoms with Crippen LogP contribution in [0.2, 0.25) is 0 Å². The lowest BCUT2D eigenvalue weighted by molar-refractivity contribution is -0.143. The smallest absolute Gasteiger partial charge is 0.359 e. The Labute approximate surface area is 231 Å². The summed E-state index contributed by atoms with van der Waals surface area (Å²) in [6.45, 7) is 5.60. The van der Waals surface area contributed by atoms with Gasteiger partial charge in [-0.1, -0.05) is 6.92 Å². The summed E-state index contributed by atoms with van der Waals surface area (Å²) in [5.74, 6) is -1.70. The normalized spacial score (nSPS) is 18.6. The van der Waals surface area contributed by atoms with Crippen LogP contribution in [0, 0.1) is 0 Å². The van der Waals surface area contributed by atoms with E-state index in [0.29, 0.717) is 19.6 Å². The number of anilines is 1. The first kappa shape index (κ1) is 29.6. The van der Waals surface area contributed by atoms with Gasteiger partial charge in [0.1, 0.15) is 17.6 Å². The van der Waals surface area contributed by atoms with E-state index in [2.05, 4.69) is 20.6 Å². The molecular weight excluding hydrogens is 559 g/mol. The number of carbonyl (C=O) groups is 3. The van der Waals surface area contributed by atoms with Crippen LogP contribution in [0.25, 0.3) is 10.4 Å². The first-order chi connectivity index (χ1) is 18.8. The Bertz CT molecular complexity index is 1280. The molecule has 0 radical (unpaired) electrons. The molecule has 2 saturated heterocycles. The van der Waals surface area contributed by atoms with Crippen LogP contribution in [0.3, 0.4) is 0 Å². The molecule has 2 atom stereocenters. The summed E-state index contributed by atoms with van der Waals surface area (Å²) >= 11 is 0.728. The number of hydrogen-bond acceptors (Lipinski definition) is 7. The van der Waals surface area contributed by atoms with E-state index in [9.17, 15) is 36.3 Å². The number of pyridine rings is 1. The summed E-state index contributed by atoms with van der Waals surface area (Å²) in [4.78, 5) is 49.1. The molecule has 0 bridgehead atoms. The fourth-order valence-corrected chi connectivity index (χ4v) is 5.70. The molecular formula is C25H29F5N6O3S. The second-order valence-electron chi connectivity index (χ2n) is 9.89. The van der Waals surface area contributed by atoms with E-state index >= 15 is 0 Å². The molecule has 0 spiro atoms. The van der Waals surface area contributed by atoms with Gasteiger partial charge in [-0.25, -0.2) is 18.7 Å². The molecule has 9 nitrogen and oxygen atoms in total. The third kappa shape index (κ3) is 6.18. The fraction of sp³-hybridized carbons (Fsp3) is 0.560. The topological polar surface area (TPSA) is 108 Å². The molecule has 2 aliphatic heterocycles. The SMILES string of the molecule is CC[C@H](Nc1cc(C(F)F)c(-c2sc(C(=O)NC3CN(C(C)=O)C3)nc2C(=O)N2CCCC2C)cn1)C(F)(F)F. The number of amides is 3. The second kappa shape index (κ2) is 11.6. The van der Waals surface area contributed by atoms with Crippen LogP contribution in [0.5, 0.6) is 0 Å². The maximum absolute atomic E-state index is 14.2. The van der Waals surface area contributed by atoms with Crippen molar-refractivity contribution in [1.82, 2.24) is 25.1 Å². The summed E-state index contributed by atoms with van der Waals surface area (Å²) in [6.07, 6.45) is -5.62. The molecule has 2 fully saturated rings. The molecule has 2 aromatic heterocycles. The molecule has 1 unspecified atom stereocenters. The molecule has 2 aromatic rings. The molecule has 2 aliphatic rings. The van der Waals surface area contributed by atoms with Gasteiger partial charge < -0.3 is 20.4 Å². The number of alkyl halides is 5. The van der Waals surface area contributed by atoms with Crippen LogP contribution < -0.4 is 10.6 Å². The molecule has 40 heavy (non-hydrogen) atoms. The van der Waals surface area contributed by atoms with Gasteiger partial charge in [-0.2, -0.15) is 13.2 Å². The van der Waals surface area contributed by atoms with Gasteiger partial charge in [-0.15, -0.1) is 11.3 Å². The number of nitrogens with one attached hydrogen (secondary N) is 2. The van der Waals surface area contributed by atoms with E-state index in [4.69, 9.17) is 0 Å². The average molecular weight is 589 g/mol. The highest BCUT2D eigenvalue weighted by Crippen LogP contribution is 2.39. The summed E-state index contributed by atoms with van der Waals surface area (Å²) in [6, 6.07) is -1.62. The van der Waals surface area contributed by atoms with E-state index in [-0.39, 0.29) is 45.6 Å². The Morgan fingerprint density at radius 1 is 1.23 bits per heavy atom. The van der Waals surface area contributed by atoms with Crippen molar-refractivity contribution in [2.75, 3.05) is 25.0 Å². The number of likely N-dealkylation sites (tertiary alicyclic amines) is 2. The van der Waals surface area contributed by atoms with E-state index in [1.54, 1.807) is 4.90 Å². The third-order valence-corrected chi connectivity index (χ3v) is 8.13. The first-order valence-electron chi connectivity index (χ1n) is 12.8. The molecule has 4 heterocycles. The Kier molecular flexibility index (Phi) is 8.61. The monoisotopic (exact) mass is 588 g/mol. The number of nitrogens with zero attached hydrogens (tertiary/aromatic N) is 4. The van der Waals surface area contributed by atoms with E-state index < -0.39 is 41.8 Å². The van der Waals surface area contributed by atoms with Crippen LogP contribution in [-0.4, -0.2) is 81.4 Å². The van der Waals surface area contributed by atoms with Crippen LogP contribution in [-0.2, 0) is 4.79 Å². The van der Waals surface area contributed by atoms with Crippen molar-refractivity contribution in [3.05, 3.63) is 28.5 Å². The van der Waals surface area contributed by atoms with Crippen LogP contribution in [0.4, 0.5) is 27.8 Å². The van der Waals surface area contributed by atoms with Crippen molar-refractivity contribution in [3.8, 4) is 10.4 Å². The minimum atomic E-state index is -4.62. The van der Waals surface area contributed by atoms with Crippen LogP contribution in [0.15, 0.2) is 12.3 Å². The number of hydrogen-bond donors (Lipinski definition) is 2. The number of aromatic nitrogens is 2. The first-order valence-corrected chi connectivity index (χ1v) is 13.6. The molecule has 4 rings (SSSR count). The number of rotatable bonds is 8. The van der Waals surface area contributed by atoms with Gasteiger partial charge in [0.25, 0.3) is 18.2 Å². The summed E-state index contributed by atoms with van der Waals surface area (Å²) in [5.41, 5.74) is -1.04. The van der Waals surface area contributed by atoms with Gasteiger partial charge in [-0.3, -0.25) is 14.4 Å². The predicted octanol–water partition coefficient (Wildman–Crippen LogP) is 4.48. The molecule has 3 amide bonds. The quantitative estimate of drug-likeness (QED) is 0.441. The van der Waals surface area contributed by atoms with Crippen molar-refractivity contribution in [2.45, 2.75) is 70.8 Å².